The first kappa shape index (κ1) is 25.6. The molecule has 0 amide bonds. The van der Waals surface area contributed by atoms with Gasteiger partial charge in [0.15, 0.2) is 5.82 Å². The van der Waals surface area contributed by atoms with Gasteiger partial charge in [-0.05, 0) is 67.8 Å². The Hall–Kier alpha value is -3.39. The number of anilines is 3. The highest BCUT2D eigenvalue weighted by molar-refractivity contribution is 7.71. The fourth-order valence-electron chi connectivity index (χ4n) is 5.78. The van der Waals surface area contributed by atoms with Gasteiger partial charge in [-0.3, -0.25) is 4.98 Å². The van der Waals surface area contributed by atoms with E-state index in [0.29, 0.717) is 17.6 Å². The first-order valence-electron chi connectivity index (χ1n) is 14.3. The van der Waals surface area contributed by atoms with Gasteiger partial charge in [0.05, 0.1) is 11.7 Å². The van der Waals surface area contributed by atoms with Gasteiger partial charge in [0, 0.05) is 85.9 Å². The molecular formula is C30H35N8OP. The maximum Gasteiger partial charge on any atom is 0.162 e. The average Bonchev–Trinajstić information content (AvgIpc) is 3.85. The van der Waals surface area contributed by atoms with Crippen LogP contribution in [0.15, 0.2) is 55.0 Å². The van der Waals surface area contributed by atoms with Crippen molar-refractivity contribution in [1.82, 2.24) is 30.2 Å². The summed E-state index contributed by atoms with van der Waals surface area (Å²) >= 11 is 0. The summed E-state index contributed by atoms with van der Waals surface area (Å²) in [5, 5.41) is 8.99. The molecule has 1 aromatic carbocycles. The minimum absolute atomic E-state index is 0.563. The van der Waals surface area contributed by atoms with Crippen LogP contribution in [-0.2, 0) is 4.57 Å². The zero-order valence-electron chi connectivity index (χ0n) is 22.9. The van der Waals surface area contributed by atoms with Gasteiger partial charge in [-0.25, -0.2) is 15.0 Å². The Bertz CT molecular complexity index is 1570. The van der Waals surface area contributed by atoms with E-state index in [4.69, 9.17) is 9.97 Å². The molecule has 4 aromatic rings. The molecule has 0 spiro atoms. The highest BCUT2D eigenvalue weighted by Gasteiger charge is 2.30. The number of nitrogens with one attached hydrogen (secondary N) is 2. The Labute approximate surface area is 234 Å². The number of fused-ring (bicyclic) bond motifs is 1. The van der Waals surface area contributed by atoms with Crippen LogP contribution in [0, 0.1) is 0 Å². The summed E-state index contributed by atoms with van der Waals surface area (Å²) in [5.41, 5.74) is 3.99. The van der Waals surface area contributed by atoms with Crippen molar-refractivity contribution in [2.45, 2.75) is 18.8 Å². The molecule has 9 nitrogen and oxygen atoms in total. The lowest BCUT2D eigenvalue weighted by molar-refractivity contribution is 0.361. The Kier molecular flexibility index (Phi) is 6.74. The summed E-state index contributed by atoms with van der Waals surface area (Å²) in [6.45, 7) is 5.50. The summed E-state index contributed by atoms with van der Waals surface area (Å²) in [4.78, 5) is 23.9. The SMILES string of the molecule is CN1CCP(=O)(c2ccc(Nc3cc(-c4nc(N5CCNCC5)c5c(C6CC6)cncc5n4)ccn3)cc2)CC1. The van der Waals surface area contributed by atoms with Crippen molar-refractivity contribution in [2.75, 3.05) is 68.9 Å². The van der Waals surface area contributed by atoms with Crippen molar-refractivity contribution in [3.63, 3.8) is 0 Å². The summed E-state index contributed by atoms with van der Waals surface area (Å²) in [6.07, 6.45) is 9.59. The summed E-state index contributed by atoms with van der Waals surface area (Å²) < 4.78 is 13.5. The molecule has 2 N–H and O–H groups in total. The van der Waals surface area contributed by atoms with E-state index >= 15 is 0 Å². The van der Waals surface area contributed by atoms with Gasteiger partial charge in [-0.2, -0.15) is 0 Å². The van der Waals surface area contributed by atoms with Crippen molar-refractivity contribution < 1.29 is 4.57 Å². The van der Waals surface area contributed by atoms with Crippen LogP contribution >= 0.6 is 7.14 Å². The second-order valence-corrected chi connectivity index (χ2v) is 14.4. The maximum absolute atomic E-state index is 13.5. The Balaban J connectivity index is 1.18. The average molecular weight is 555 g/mol. The molecule has 2 aliphatic heterocycles. The molecule has 0 unspecified atom stereocenters. The van der Waals surface area contributed by atoms with E-state index in [1.165, 1.54) is 18.4 Å². The van der Waals surface area contributed by atoms with E-state index < -0.39 is 7.14 Å². The van der Waals surface area contributed by atoms with Crippen LogP contribution in [0.1, 0.15) is 24.3 Å². The van der Waals surface area contributed by atoms with E-state index in [2.05, 4.69) is 37.4 Å². The molecule has 7 rings (SSSR count). The molecule has 0 bridgehead atoms. The molecule has 1 saturated carbocycles. The monoisotopic (exact) mass is 554 g/mol. The highest BCUT2D eigenvalue weighted by atomic mass is 31.2. The standard InChI is InChI=1S/C30H35N8OP/c1-37-14-16-40(39,17-15-37)24-6-4-23(5-7-24)34-27-18-22(8-9-33-27)29-35-26-20-32-19-25(21-2-3-21)28(26)30(36-29)38-12-10-31-11-13-38/h4-9,18-21,31H,2-3,10-17H2,1H3,(H,33,34). The van der Waals surface area contributed by atoms with Gasteiger partial charge in [-0.15, -0.1) is 0 Å². The Morgan fingerprint density at radius 3 is 2.50 bits per heavy atom. The van der Waals surface area contributed by atoms with Crippen molar-refractivity contribution >= 4 is 40.7 Å². The van der Waals surface area contributed by atoms with E-state index in [9.17, 15) is 4.57 Å². The summed E-state index contributed by atoms with van der Waals surface area (Å²) in [7, 11) is -0.219. The van der Waals surface area contributed by atoms with Crippen LogP contribution in [0.5, 0.6) is 0 Å². The summed E-state index contributed by atoms with van der Waals surface area (Å²) in [5.74, 6) is 2.97. The molecule has 40 heavy (non-hydrogen) atoms. The van der Waals surface area contributed by atoms with Crippen LogP contribution in [0.25, 0.3) is 22.3 Å². The van der Waals surface area contributed by atoms with E-state index in [0.717, 1.165) is 84.9 Å². The van der Waals surface area contributed by atoms with Crippen LogP contribution in [0.3, 0.4) is 0 Å². The Morgan fingerprint density at radius 1 is 0.975 bits per heavy atom. The maximum atomic E-state index is 13.5. The highest BCUT2D eigenvalue weighted by Crippen LogP contribution is 2.46. The molecule has 3 aromatic heterocycles. The quantitative estimate of drug-likeness (QED) is 0.342. The molecule has 3 aliphatic rings. The Morgan fingerprint density at radius 2 is 1.75 bits per heavy atom. The second-order valence-electron chi connectivity index (χ2n) is 11.2. The fourth-order valence-corrected chi connectivity index (χ4v) is 8.54. The molecular weight excluding hydrogens is 519 g/mol. The third kappa shape index (κ3) is 5.09. The normalized spacial score (nSPS) is 19.6. The van der Waals surface area contributed by atoms with Gasteiger partial charge in [0.2, 0.25) is 0 Å². The molecule has 10 heteroatoms. The number of rotatable bonds is 6. The zero-order valence-corrected chi connectivity index (χ0v) is 23.8. The molecule has 206 valence electrons. The number of benzene rings is 1. The van der Waals surface area contributed by atoms with E-state index in [1.54, 1.807) is 6.20 Å². The van der Waals surface area contributed by atoms with Crippen LogP contribution in [-0.4, -0.2) is 83.5 Å². The van der Waals surface area contributed by atoms with E-state index in [1.807, 2.05) is 48.8 Å². The third-order valence-corrected chi connectivity index (χ3v) is 11.4. The van der Waals surface area contributed by atoms with Gasteiger partial charge < -0.3 is 25.0 Å². The minimum atomic E-state index is -2.31. The van der Waals surface area contributed by atoms with Crippen LogP contribution < -0.4 is 20.8 Å². The lowest BCUT2D eigenvalue weighted by Gasteiger charge is -2.30. The fraction of sp³-hybridized carbons (Fsp3) is 0.400. The first-order valence-corrected chi connectivity index (χ1v) is 16.4. The number of hydrogen-bond acceptors (Lipinski definition) is 9. The lowest BCUT2D eigenvalue weighted by atomic mass is 10.1. The topological polar surface area (TPSA) is 99.2 Å². The largest absolute Gasteiger partial charge is 0.353 e. The molecule has 2 saturated heterocycles. The number of hydrogen-bond donors (Lipinski definition) is 2. The number of aromatic nitrogens is 4. The number of pyridine rings is 2. The number of nitrogens with zero attached hydrogens (tertiary/aromatic N) is 6. The van der Waals surface area contributed by atoms with E-state index in [-0.39, 0.29) is 0 Å². The second kappa shape index (κ2) is 10.5. The molecule has 5 heterocycles. The van der Waals surface area contributed by atoms with Gasteiger partial charge >= 0.3 is 0 Å². The molecule has 1 aliphatic carbocycles. The van der Waals surface area contributed by atoms with Crippen LogP contribution in [0.4, 0.5) is 17.3 Å². The van der Waals surface area contributed by atoms with Crippen LogP contribution in [0.2, 0.25) is 0 Å². The molecule has 0 radical (unpaired) electrons. The summed E-state index contributed by atoms with van der Waals surface area (Å²) in [6, 6.07) is 12.0. The van der Waals surface area contributed by atoms with Crippen molar-refractivity contribution in [2.24, 2.45) is 0 Å². The zero-order chi connectivity index (χ0) is 27.1. The predicted molar refractivity (Wildman–Crippen MR) is 162 cm³/mol. The lowest BCUT2D eigenvalue weighted by Crippen LogP contribution is -2.44. The van der Waals surface area contributed by atoms with Gasteiger partial charge in [0.1, 0.15) is 18.8 Å². The van der Waals surface area contributed by atoms with Crippen molar-refractivity contribution in [3.05, 3.63) is 60.6 Å². The van der Waals surface area contributed by atoms with Crippen molar-refractivity contribution in [3.8, 4) is 11.4 Å². The minimum Gasteiger partial charge on any atom is -0.353 e. The third-order valence-electron chi connectivity index (χ3n) is 8.36. The predicted octanol–water partition coefficient (Wildman–Crippen LogP) is 4.05. The number of piperazine rings is 1. The van der Waals surface area contributed by atoms with Gasteiger partial charge in [0.25, 0.3) is 0 Å². The smallest absolute Gasteiger partial charge is 0.162 e. The van der Waals surface area contributed by atoms with Crippen molar-refractivity contribution in [1.29, 1.82) is 0 Å². The van der Waals surface area contributed by atoms with Gasteiger partial charge in [-0.1, -0.05) is 0 Å². The first-order chi connectivity index (χ1) is 19.6. The molecule has 3 fully saturated rings. The molecule has 0 atom stereocenters.